The molecule has 0 amide bonds. The summed E-state index contributed by atoms with van der Waals surface area (Å²) >= 11 is 0. The van der Waals surface area contributed by atoms with Crippen LogP contribution in [0.3, 0.4) is 0 Å². The van der Waals surface area contributed by atoms with E-state index in [-0.39, 0.29) is 0 Å². The molecule has 1 heterocycles. The Kier molecular flexibility index (Phi) is 6.73. The molecular formula is C47H34O. The third-order valence-electron chi connectivity index (χ3n) is 10.1. The van der Waals surface area contributed by atoms with Crippen LogP contribution < -0.4 is 0 Å². The summed E-state index contributed by atoms with van der Waals surface area (Å²) in [6.07, 6.45) is 3.71. The lowest BCUT2D eigenvalue weighted by Gasteiger charge is -2.19. The Bertz CT molecular complexity index is 2650. The standard InChI is InChI=1S/C47H34O/c1-3-4-24-44-30(2)42-29-43(36-18-7-12-23-41(36)47(42)48-44)46-39-21-10-8-19-37(39)45(38-20-9-11-22-40(38)46)35-17-13-16-33(28-35)34-26-25-31-14-5-6-15-32(31)27-34/h3,5-23,25-29H,1,4,24H2,2H3. The predicted octanol–water partition coefficient (Wildman–Crippen LogP) is 13.5. The second-order valence-corrected chi connectivity index (χ2v) is 12.8. The van der Waals surface area contributed by atoms with E-state index in [0.717, 1.165) is 29.6 Å². The Labute approximate surface area is 280 Å². The molecule has 0 aliphatic rings. The van der Waals surface area contributed by atoms with Crippen molar-refractivity contribution >= 4 is 54.1 Å². The van der Waals surface area contributed by atoms with Crippen molar-refractivity contribution in [2.24, 2.45) is 0 Å². The molecule has 0 aliphatic carbocycles. The van der Waals surface area contributed by atoms with E-state index in [1.807, 2.05) is 6.08 Å². The third-order valence-corrected chi connectivity index (χ3v) is 10.1. The van der Waals surface area contributed by atoms with E-state index in [1.54, 1.807) is 0 Å². The van der Waals surface area contributed by atoms with Gasteiger partial charge in [-0.05, 0) is 108 Å². The zero-order valence-corrected chi connectivity index (χ0v) is 27.0. The Hall–Kier alpha value is -5.92. The van der Waals surface area contributed by atoms with Gasteiger partial charge >= 0.3 is 0 Å². The molecule has 9 aromatic rings. The molecule has 0 bridgehead atoms. The molecule has 0 atom stereocenters. The molecule has 0 radical (unpaired) electrons. The lowest BCUT2D eigenvalue weighted by molar-refractivity contribution is 0.548. The van der Waals surface area contributed by atoms with Gasteiger partial charge in [0.15, 0.2) is 0 Å². The fourth-order valence-electron chi connectivity index (χ4n) is 7.72. The molecule has 9 rings (SSSR count). The molecule has 48 heavy (non-hydrogen) atoms. The van der Waals surface area contributed by atoms with E-state index < -0.39 is 0 Å². The Morgan fingerprint density at radius 2 is 1.08 bits per heavy atom. The third kappa shape index (κ3) is 4.47. The number of fused-ring (bicyclic) bond motifs is 6. The van der Waals surface area contributed by atoms with Gasteiger partial charge in [-0.15, -0.1) is 6.58 Å². The second kappa shape index (κ2) is 11.4. The van der Waals surface area contributed by atoms with Gasteiger partial charge in [-0.1, -0.05) is 133 Å². The second-order valence-electron chi connectivity index (χ2n) is 12.8. The monoisotopic (exact) mass is 614 g/mol. The van der Waals surface area contributed by atoms with Gasteiger partial charge in [0.1, 0.15) is 11.3 Å². The fraction of sp³-hybridized carbons (Fsp3) is 0.0638. The van der Waals surface area contributed by atoms with Crippen LogP contribution in [0.1, 0.15) is 17.7 Å². The SMILES string of the molecule is C=CCCc1oc2c(cc(-c3c4ccccc4c(-c4cccc(-c5ccc6ccccc6c5)c4)c4ccccc34)c3ccccc32)c1C. The molecule has 228 valence electrons. The Balaban J connectivity index is 1.33. The first-order valence-corrected chi connectivity index (χ1v) is 16.8. The zero-order chi connectivity index (χ0) is 32.2. The molecule has 0 N–H and O–H groups in total. The highest BCUT2D eigenvalue weighted by molar-refractivity contribution is 6.25. The number of allylic oxidation sites excluding steroid dienone is 1. The van der Waals surface area contributed by atoms with Gasteiger partial charge in [0.25, 0.3) is 0 Å². The number of rotatable bonds is 6. The van der Waals surface area contributed by atoms with Crippen LogP contribution in [0, 0.1) is 6.92 Å². The van der Waals surface area contributed by atoms with E-state index in [2.05, 4.69) is 159 Å². The summed E-state index contributed by atoms with van der Waals surface area (Å²) in [5, 5.41) is 11.1. The molecule has 1 aromatic heterocycles. The summed E-state index contributed by atoms with van der Waals surface area (Å²) in [4.78, 5) is 0. The van der Waals surface area contributed by atoms with Crippen LogP contribution in [0.25, 0.3) is 87.4 Å². The average molecular weight is 615 g/mol. The smallest absolute Gasteiger partial charge is 0.142 e. The van der Waals surface area contributed by atoms with Crippen LogP contribution in [0.2, 0.25) is 0 Å². The van der Waals surface area contributed by atoms with Gasteiger partial charge in [0, 0.05) is 17.2 Å². The zero-order valence-electron chi connectivity index (χ0n) is 27.0. The molecular weight excluding hydrogens is 581 g/mol. The quantitative estimate of drug-likeness (QED) is 0.134. The minimum absolute atomic E-state index is 0.854. The molecule has 0 aliphatic heterocycles. The van der Waals surface area contributed by atoms with Gasteiger partial charge in [-0.3, -0.25) is 0 Å². The topological polar surface area (TPSA) is 13.1 Å². The van der Waals surface area contributed by atoms with Crippen LogP contribution in [0.15, 0.2) is 163 Å². The van der Waals surface area contributed by atoms with Crippen LogP contribution in [-0.2, 0) is 6.42 Å². The van der Waals surface area contributed by atoms with Crippen molar-refractivity contribution in [2.45, 2.75) is 19.8 Å². The van der Waals surface area contributed by atoms with Crippen LogP contribution >= 0.6 is 0 Å². The number of benzene rings is 8. The minimum Gasteiger partial charge on any atom is -0.460 e. The first kappa shape index (κ1) is 28.3. The average Bonchev–Trinajstić information content (AvgIpc) is 3.47. The number of hydrogen-bond acceptors (Lipinski definition) is 1. The van der Waals surface area contributed by atoms with Gasteiger partial charge < -0.3 is 4.42 Å². The van der Waals surface area contributed by atoms with Crippen LogP contribution in [-0.4, -0.2) is 0 Å². The van der Waals surface area contributed by atoms with Crippen molar-refractivity contribution in [3.05, 3.63) is 170 Å². The minimum atomic E-state index is 0.854. The largest absolute Gasteiger partial charge is 0.460 e. The molecule has 8 aromatic carbocycles. The van der Waals surface area contributed by atoms with Crippen LogP contribution in [0.4, 0.5) is 0 Å². The fourth-order valence-corrected chi connectivity index (χ4v) is 7.72. The van der Waals surface area contributed by atoms with Gasteiger partial charge in [0.2, 0.25) is 0 Å². The summed E-state index contributed by atoms with van der Waals surface area (Å²) in [5.74, 6) is 1.04. The molecule has 0 saturated heterocycles. The summed E-state index contributed by atoms with van der Waals surface area (Å²) in [7, 11) is 0. The van der Waals surface area contributed by atoms with E-state index >= 15 is 0 Å². The lowest BCUT2D eigenvalue weighted by Crippen LogP contribution is -1.92. The highest BCUT2D eigenvalue weighted by atomic mass is 16.3. The molecule has 0 saturated carbocycles. The van der Waals surface area contributed by atoms with Gasteiger partial charge in [0.05, 0.1) is 0 Å². The molecule has 1 nitrogen and oxygen atoms in total. The normalized spacial score (nSPS) is 11.7. The number of aryl methyl sites for hydroxylation is 2. The summed E-state index contributed by atoms with van der Waals surface area (Å²) in [5.41, 5.74) is 9.62. The maximum absolute atomic E-state index is 6.58. The van der Waals surface area contributed by atoms with Crippen LogP contribution in [0.5, 0.6) is 0 Å². The summed E-state index contributed by atoms with van der Waals surface area (Å²) < 4.78 is 6.58. The Morgan fingerprint density at radius 3 is 1.79 bits per heavy atom. The maximum atomic E-state index is 6.58. The maximum Gasteiger partial charge on any atom is 0.142 e. The molecule has 0 spiro atoms. The summed E-state index contributed by atoms with van der Waals surface area (Å²) in [6.45, 7) is 6.14. The van der Waals surface area contributed by atoms with Crippen molar-refractivity contribution in [3.63, 3.8) is 0 Å². The van der Waals surface area contributed by atoms with Crippen molar-refractivity contribution in [2.75, 3.05) is 0 Å². The van der Waals surface area contributed by atoms with Crippen molar-refractivity contribution in [3.8, 4) is 33.4 Å². The van der Waals surface area contributed by atoms with E-state index in [1.165, 1.54) is 82.0 Å². The van der Waals surface area contributed by atoms with Crippen molar-refractivity contribution in [1.29, 1.82) is 0 Å². The van der Waals surface area contributed by atoms with Gasteiger partial charge in [-0.25, -0.2) is 0 Å². The lowest BCUT2D eigenvalue weighted by atomic mass is 9.84. The van der Waals surface area contributed by atoms with Gasteiger partial charge in [-0.2, -0.15) is 0 Å². The summed E-state index contributed by atoms with van der Waals surface area (Å²) in [6, 6.07) is 53.3. The van der Waals surface area contributed by atoms with E-state index in [0.29, 0.717) is 0 Å². The molecule has 1 heteroatoms. The molecule has 0 unspecified atom stereocenters. The predicted molar refractivity (Wildman–Crippen MR) is 206 cm³/mol. The van der Waals surface area contributed by atoms with Crippen molar-refractivity contribution < 1.29 is 4.42 Å². The highest BCUT2D eigenvalue weighted by Crippen LogP contribution is 2.47. The van der Waals surface area contributed by atoms with E-state index in [9.17, 15) is 0 Å². The highest BCUT2D eigenvalue weighted by Gasteiger charge is 2.21. The Morgan fingerprint density at radius 1 is 0.500 bits per heavy atom. The molecule has 0 fully saturated rings. The first-order chi connectivity index (χ1) is 23.7. The number of hydrogen-bond donors (Lipinski definition) is 0. The van der Waals surface area contributed by atoms with E-state index in [4.69, 9.17) is 4.42 Å². The number of furan rings is 1. The first-order valence-electron chi connectivity index (χ1n) is 16.8. The van der Waals surface area contributed by atoms with Crippen molar-refractivity contribution in [1.82, 2.24) is 0 Å².